The summed E-state index contributed by atoms with van der Waals surface area (Å²) in [7, 11) is 3.67. The van der Waals surface area contributed by atoms with Crippen LogP contribution in [-0.4, -0.2) is 50.9 Å². The third kappa shape index (κ3) is 3.96. The van der Waals surface area contributed by atoms with E-state index >= 15 is 0 Å². The summed E-state index contributed by atoms with van der Waals surface area (Å²) in [6.07, 6.45) is 0. The molecule has 0 aliphatic carbocycles. The molecule has 0 spiro atoms. The maximum atomic E-state index is 12.6. The minimum absolute atomic E-state index is 0. The van der Waals surface area contributed by atoms with E-state index in [9.17, 15) is 4.79 Å². The third-order valence-corrected chi connectivity index (χ3v) is 4.14. The van der Waals surface area contributed by atoms with E-state index in [-0.39, 0.29) is 23.7 Å². The first-order chi connectivity index (χ1) is 10.7. The Hall–Kier alpha value is -1.86. The zero-order valence-electron chi connectivity index (χ0n) is 15.2. The van der Waals surface area contributed by atoms with Gasteiger partial charge in [0.25, 0.3) is 5.91 Å². The van der Waals surface area contributed by atoms with E-state index in [1.807, 2.05) is 39.4 Å². The Labute approximate surface area is 149 Å². The van der Waals surface area contributed by atoms with Crippen LogP contribution in [0.25, 0.3) is 11.3 Å². The van der Waals surface area contributed by atoms with Gasteiger partial charge < -0.3 is 10.6 Å². The van der Waals surface area contributed by atoms with Gasteiger partial charge in [-0.05, 0) is 31.9 Å². The molecular weight excluding hydrogens is 328 g/mol. The molecule has 0 aliphatic rings. The van der Waals surface area contributed by atoms with Gasteiger partial charge >= 0.3 is 0 Å². The Kier molecular flexibility index (Phi) is 6.19. The maximum Gasteiger partial charge on any atom is 0.271 e. The van der Waals surface area contributed by atoms with E-state index in [4.69, 9.17) is 5.73 Å². The fraction of sp³-hybridized carbons (Fsp3) is 0.562. The normalized spacial score (nSPS) is 11.3. The molecule has 0 fully saturated rings. The molecule has 0 radical (unpaired) electrons. The highest BCUT2D eigenvalue weighted by molar-refractivity contribution is 5.93. The van der Waals surface area contributed by atoms with Gasteiger partial charge in [-0.2, -0.15) is 10.2 Å². The Morgan fingerprint density at radius 2 is 2.04 bits per heavy atom. The van der Waals surface area contributed by atoms with Gasteiger partial charge in [0.2, 0.25) is 0 Å². The number of aryl methyl sites for hydroxylation is 2. The van der Waals surface area contributed by atoms with Crippen molar-refractivity contribution >= 4 is 18.3 Å². The average Bonchev–Trinajstić information content (AvgIpc) is 3.03. The third-order valence-electron chi connectivity index (χ3n) is 4.14. The molecule has 2 aromatic heterocycles. The van der Waals surface area contributed by atoms with Crippen molar-refractivity contribution in [3.05, 3.63) is 23.1 Å². The molecular formula is C16H27ClN6O. The smallest absolute Gasteiger partial charge is 0.271 e. The highest BCUT2D eigenvalue weighted by atomic mass is 35.5. The van der Waals surface area contributed by atoms with E-state index < -0.39 is 0 Å². The molecule has 0 unspecified atom stereocenters. The Morgan fingerprint density at radius 1 is 1.42 bits per heavy atom. The van der Waals surface area contributed by atoms with Crippen molar-refractivity contribution in [3.8, 4) is 11.3 Å². The monoisotopic (exact) mass is 354 g/mol. The first kappa shape index (κ1) is 20.2. The number of hydrogen-bond acceptors (Lipinski definition) is 4. The standard InChI is InChI=1S/C16H26N6O.ClH/c1-10-14(11(2)22(6)20-10)12-7-13(19-18-12)15(23)21(5)9-16(3,4)8-17;/h7H,8-9,17H2,1-6H3,(H,18,19);1H. The quantitative estimate of drug-likeness (QED) is 0.857. The summed E-state index contributed by atoms with van der Waals surface area (Å²) in [5.41, 5.74) is 9.71. The molecule has 0 aliphatic heterocycles. The van der Waals surface area contributed by atoms with Gasteiger partial charge in [0.1, 0.15) is 5.69 Å². The summed E-state index contributed by atoms with van der Waals surface area (Å²) in [5, 5.41) is 11.5. The molecule has 0 saturated heterocycles. The van der Waals surface area contributed by atoms with Crippen LogP contribution in [0.4, 0.5) is 0 Å². The fourth-order valence-electron chi connectivity index (χ4n) is 2.69. The number of rotatable bonds is 5. The minimum Gasteiger partial charge on any atom is -0.340 e. The zero-order valence-corrected chi connectivity index (χ0v) is 16.0. The fourth-order valence-corrected chi connectivity index (χ4v) is 2.69. The second kappa shape index (κ2) is 7.36. The topological polar surface area (TPSA) is 92.8 Å². The first-order valence-electron chi connectivity index (χ1n) is 7.68. The molecule has 24 heavy (non-hydrogen) atoms. The lowest BCUT2D eigenvalue weighted by Crippen LogP contribution is -2.39. The van der Waals surface area contributed by atoms with Crippen LogP contribution in [0.5, 0.6) is 0 Å². The number of nitrogens with zero attached hydrogens (tertiary/aromatic N) is 4. The average molecular weight is 355 g/mol. The van der Waals surface area contributed by atoms with Crippen molar-refractivity contribution in [3.63, 3.8) is 0 Å². The number of halogens is 1. The van der Waals surface area contributed by atoms with Crippen molar-refractivity contribution in [2.75, 3.05) is 20.1 Å². The molecule has 134 valence electrons. The lowest BCUT2D eigenvalue weighted by Gasteiger charge is -2.28. The van der Waals surface area contributed by atoms with E-state index in [0.717, 1.165) is 22.6 Å². The molecule has 0 aromatic carbocycles. The number of nitrogens with one attached hydrogen (secondary N) is 1. The second-order valence-corrected chi connectivity index (χ2v) is 6.87. The second-order valence-electron chi connectivity index (χ2n) is 6.87. The van der Waals surface area contributed by atoms with Crippen molar-refractivity contribution in [2.45, 2.75) is 27.7 Å². The molecule has 0 saturated carbocycles. The number of nitrogens with two attached hydrogens (primary N) is 1. The summed E-state index contributed by atoms with van der Waals surface area (Å²) < 4.78 is 1.82. The summed E-state index contributed by atoms with van der Waals surface area (Å²) in [5.74, 6) is -0.0931. The summed E-state index contributed by atoms with van der Waals surface area (Å²) in [6, 6.07) is 1.78. The molecule has 7 nitrogen and oxygen atoms in total. The van der Waals surface area contributed by atoms with Crippen LogP contribution in [0.1, 0.15) is 35.7 Å². The van der Waals surface area contributed by atoms with Crippen molar-refractivity contribution in [2.24, 2.45) is 18.2 Å². The van der Waals surface area contributed by atoms with Crippen LogP contribution in [0.3, 0.4) is 0 Å². The molecule has 2 rings (SSSR count). The van der Waals surface area contributed by atoms with Gasteiger partial charge in [-0.25, -0.2) is 0 Å². The number of aromatic amines is 1. The lowest BCUT2D eigenvalue weighted by atomic mass is 9.93. The Balaban J connectivity index is 0.00000288. The molecule has 0 bridgehead atoms. The largest absolute Gasteiger partial charge is 0.340 e. The highest BCUT2D eigenvalue weighted by Crippen LogP contribution is 2.25. The van der Waals surface area contributed by atoms with Gasteiger partial charge in [0.15, 0.2) is 0 Å². The Morgan fingerprint density at radius 3 is 2.54 bits per heavy atom. The van der Waals surface area contributed by atoms with E-state index in [1.165, 1.54) is 0 Å². The van der Waals surface area contributed by atoms with Crippen molar-refractivity contribution < 1.29 is 4.79 Å². The van der Waals surface area contributed by atoms with E-state index in [1.54, 1.807) is 18.0 Å². The van der Waals surface area contributed by atoms with E-state index in [0.29, 0.717) is 18.8 Å². The van der Waals surface area contributed by atoms with Crippen molar-refractivity contribution in [1.82, 2.24) is 24.9 Å². The first-order valence-corrected chi connectivity index (χ1v) is 7.68. The molecule has 2 heterocycles. The summed E-state index contributed by atoms with van der Waals surface area (Å²) >= 11 is 0. The van der Waals surface area contributed by atoms with E-state index in [2.05, 4.69) is 15.3 Å². The van der Waals surface area contributed by atoms with Gasteiger partial charge in [-0.3, -0.25) is 14.6 Å². The maximum absolute atomic E-state index is 12.6. The van der Waals surface area contributed by atoms with Gasteiger partial charge in [0, 0.05) is 31.9 Å². The predicted octanol–water partition coefficient (Wildman–Crippen LogP) is 1.91. The van der Waals surface area contributed by atoms with Crippen LogP contribution >= 0.6 is 12.4 Å². The number of aromatic nitrogens is 4. The van der Waals surface area contributed by atoms with Crippen LogP contribution in [-0.2, 0) is 7.05 Å². The number of carbonyl (C=O) groups is 1. The number of carbonyl (C=O) groups excluding carboxylic acids is 1. The number of amides is 1. The minimum atomic E-state index is -0.121. The van der Waals surface area contributed by atoms with Crippen molar-refractivity contribution in [1.29, 1.82) is 0 Å². The van der Waals surface area contributed by atoms with Crippen LogP contribution in [0.2, 0.25) is 0 Å². The molecule has 3 N–H and O–H groups in total. The molecule has 1 amide bonds. The molecule has 0 atom stereocenters. The van der Waals surface area contributed by atoms with Gasteiger partial charge in [-0.1, -0.05) is 13.8 Å². The van der Waals surface area contributed by atoms with Crippen LogP contribution < -0.4 is 5.73 Å². The Bertz CT molecular complexity index is 718. The van der Waals surface area contributed by atoms with Crippen LogP contribution in [0.15, 0.2) is 6.07 Å². The zero-order chi connectivity index (χ0) is 17.4. The SMILES string of the molecule is Cc1nn(C)c(C)c1-c1cc(C(=O)N(C)CC(C)(C)CN)[nH]n1.Cl. The number of hydrogen-bond donors (Lipinski definition) is 2. The highest BCUT2D eigenvalue weighted by Gasteiger charge is 2.24. The molecule has 2 aromatic rings. The van der Waals surface area contributed by atoms with Crippen LogP contribution in [0, 0.1) is 19.3 Å². The molecule has 8 heteroatoms. The summed E-state index contributed by atoms with van der Waals surface area (Å²) in [6.45, 7) is 9.11. The van der Waals surface area contributed by atoms with Gasteiger partial charge in [0.05, 0.1) is 11.4 Å². The van der Waals surface area contributed by atoms with Gasteiger partial charge in [-0.15, -0.1) is 12.4 Å². The summed E-state index contributed by atoms with van der Waals surface area (Å²) in [4.78, 5) is 14.2. The number of H-pyrrole nitrogens is 1. The predicted molar refractivity (Wildman–Crippen MR) is 97.3 cm³/mol. The lowest BCUT2D eigenvalue weighted by molar-refractivity contribution is 0.0734.